The van der Waals surface area contributed by atoms with E-state index in [1.807, 2.05) is 36.4 Å². The second-order valence-corrected chi connectivity index (χ2v) is 6.73. The van der Waals surface area contributed by atoms with Crippen LogP contribution in [0.3, 0.4) is 0 Å². The number of nitriles is 1. The van der Waals surface area contributed by atoms with E-state index in [1.54, 1.807) is 0 Å². The molecule has 0 saturated carbocycles. The number of amides is 1. The molecular weight excluding hydrogens is 346 g/mol. The van der Waals surface area contributed by atoms with Crippen molar-refractivity contribution >= 4 is 17.3 Å². The number of rotatable bonds is 9. The molecule has 0 aromatic heterocycles. The van der Waals surface area contributed by atoms with Gasteiger partial charge < -0.3 is 10.6 Å². The zero-order valence-electron chi connectivity index (χ0n) is 17.0. The third-order valence-corrected chi connectivity index (χ3v) is 4.76. The molecule has 2 aromatic carbocycles. The lowest BCUT2D eigenvalue weighted by Gasteiger charge is -2.13. The van der Waals surface area contributed by atoms with Gasteiger partial charge in [-0.05, 0) is 54.5 Å². The van der Waals surface area contributed by atoms with E-state index in [2.05, 4.69) is 43.5 Å². The maximum absolute atomic E-state index is 12.5. The first-order chi connectivity index (χ1) is 13.6. The van der Waals surface area contributed by atoms with E-state index in [0.717, 1.165) is 48.9 Å². The minimum absolute atomic E-state index is 0.0445. The molecule has 2 aromatic rings. The largest absolute Gasteiger partial charge is 0.360 e. The van der Waals surface area contributed by atoms with E-state index in [-0.39, 0.29) is 5.57 Å². The number of unbranched alkanes of at least 4 members (excludes halogenated alkanes) is 1. The predicted molar refractivity (Wildman–Crippen MR) is 116 cm³/mol. The number of nitrogens with zero attached hydrogens (tertiary/aromatic N) is 1. The summed E-state index contributed by atoms with van der Waals surface area (Å²) in [7, 11) is 0. The molecule has 0 aliphatic carbocycles. The smallest absolute Gasteiger partial charge is 0.267 e. The fourth-order valence-electron chi connectivity index (χ4n) is 3.05. The first-order valence-corrected chi connectivity index (χ1v) is 10.0. The predicted octanol–water partition coefficient (Wildman–Crippen LogP) is 5.61. The molecule has 0 fully saturated rings. The molecule has 0 unspecified atom stereocenters. The summed E-state index contributed by atoms with van der Waals surface area (Å²) in [4.78, 5) is 12.5. The van der Waals surface area contributed by atoms with E-state index in [1.165, 1.54) is 11.8 Å². The fraction of sp³-hybridized carbons (Fsp3) is 0.333. The molecule has 2 rings (SSSR count). The van der Waals surface area contributed by atoms with Crippen LogP contribution in [0.15, 0.2) is 54.2 Å². The number of carbonyl (C=O) groups excluding carboxylic acids is 1. The summed E-state index contributed by atoms with van der Waals surface area (Å²) in [6.45, 7) is 6.35. The van der Waals surface area contributed by atoms with Crippen molar-refractivity contribution in [3.05, 3.63) is 70.9 Å². The van der Waals surface area contributed by atoms with Gasteiger partial charge in [0, 0.05) is 17.6 Å². The van der Waals surface area contributed by atoms with Gasteiger partial charge in [-0.15, -0.1) is 0 Å². The number of anilines is 2. The lowest BCUT2D eigenvalue weighted by atomic mass is 10.0. The third-order valence-electron chi connectivity index (χ3n) is 4.76. The topological polar surface area (TPSA) is 64.9 Å². The second-order valence-electron chi connectivity index (χ2n) is 6.73. The van der Waals surface area contributed by atoms with E-state index < -0.39 is 5.91 Å². The molecule has 0 saturated heterocycles. The van der Waals surface area contributed by atoms with E-state index >= 15 is 0 Å². The van der Waals surface area contributed by atoms with Crippen LogP contribution in [-0.2, 0) is 24.1 Å². The van der Waals surface area contributed by atoms with Gasteiger partial charge >= 0.3 is 0 Å². The lowest BCUT2D eigenvalue weighted by molar-refractivity contribution is -0.112. The standard InChI is InChI=1S/C24H29N3O/c1-4-7-9-18-12-14-22(15-13-18)27-24(28)21(16-25)17-26-23-19(5-2)10-8-11-20(23)6-3/h8,10-15,17,26H,4-7,9H2,1-3H3,(H,27,28)/b21-17-. The van der Waals surface area contributed by atoms with Gasteiger partial charge in [0.25, 0.3) is 5.91 Å². The Bertz CT molecular complexity index is 838. The van der Waals surface area contributed by atoms with Crippen molar-refractivity contribution in [2.45, 2.75) is 52.9 Å². The molecule has 0 radical (unpaired) electrons. The van der Waals surface area contributed by atoms with Crippen LogP contribution < -0.4 is 10.6 Å². The first kappa shape index (κ1) is 21.2. The zero-order chi connectivity index (χ0) is 20.4. The minimum atomic E-state index is -0.414. The van der Waals surface area contributed by atoms with Gasteiger partial charge in [-0.2, -0.15) is 5.26 Å². The average Bonchev–Trinajstić information content (AvgIpc) is 2.73. The Kier molecular flexibility index (Phi) is 8.30. The van der Waals surface area contributed by atoms with E-state index in [9.17, 15) is 10.1 Å². The maximum Gasteiger partial charge on any atom is 0.267 e. The van der Waals surface area contributed by atoms with Crippen LogP contribution >= 0.6 is 0 Å². The Hall–Kier alpha value is -3.06. The summed E-state index contributed by atoms with van der Waals surface area (Å²) < 4.78 is 0. The van der Waals surface area contributed by atoms with E-state index in [4.69, 9.17) is 0 Å². The third kappa shape index (κ3) is 5.72. The summed E-state index contributed by atoms with van der Waals surface area (Å²) in [6, 6.07) is 15.9. The van der Waals surface area contributed by atoms with Crippen molar-refractivity contribution in [3.63, 3.8) is 0 Å². The summed E-state index contributed by atoms with van der Waals surface area (Å²) in [5.41, 5.74) is 5.29. The molecule has 146 valence electrons. The van der Waals surface area contributed by atoms with Gasteiger partial charge in [-0.25, -0.2) is 0 Å². The highest BCUT2D eigenvalue weighted by molar-refractivity contribution is 6.06. The number of hydrogen-bond donors (Lipinski definition) is 2. The Morgan fingerprint density at radius 2 is 1.68 bits per heavy atom. The van der Waals surface area contributed by atoms with Crippen LogP contribution in [-0.4, -0.2) is 5.91 Å². The molecule has 4 nitrogen and oxygen atoms in total. The van der Waals surface area contributed by atoms with Crippen LogP contribution in [0, 0.1) is 11.3 Å². The van der Waals surface area contributed by atoms with Gasteiger partial charge in [0.05, 0.1) is 0 Å². The number of para-hydroxylation sites is 1. The normalized spacial score (nSPS) is 11.0. The Morgan fingerprint density at radius 1 is 1.04 bits per heavy atom. The Labute approximate surface area is 168 Å². The molecule has 1 amide bonds. The Morgan fingerprint density at radius 3 is 2.21 bits per heavy atom. The summed E-state index contributed by atoms with van der Waals surface area (Å²) >= 11 is 0. The van der Waals surface area contributed by atoms with Gasteiger partial charge in [-0.3, -0.25) is 4.79 Å². The van der Waals surface area contributed by atoms with Gasteiger partial charge in [0.15, 0.2) is 0 Å². The van der Waals surface area contributed by atoms with Gasteiger partial charge in [0.1, 0.15) is 11.6 Å². The first-order valence-electron chi connectivity index (χ1n) is 10.0. The highest BCUT2D eigenvalue weighted by atomic mass is 16.1. The number of nitrogens with one attached hydrogen (secondary N) is 2. The molecule has 0 atom stereocenters. The highest BCUT2D eigenvalue weighted by Crippen LogP contribution is 2.23. The van der Waals surface area contributed by atoms with Crippen LogP contribution in [0.1, 0.15) is 50.3 Å². The number of benzene rings is 2. The monoisotopic (exact) mass is 375 g/mol. The SMILES string of the molecule is CCCCc1ccc(NC(=O)/C(C#N)=C\Nc2c(CC)cccc2CC)cc1. The Balaban J connectivity index is 2.10. The molecule has 0 heterocycles. The fourth-order valence-corrected chi connectivity index (χ4v) is 3.05. The van der Waals surface area contributed by atoms with Crippen LogP contribution in [0.25, 0.3) is 0 Å². The van der Waals surface area contributed by atoms with Crippen LogP contribution in [0.5, 0.6) is 0 Å². The van der Waals surface area contributed by atoms with Crippen molar-refractivity contribution in [3.8, 4) is 6.07 Å². The van der Waals surface area contributed by atoms with Gasteiger partial charge in [-0.1, -0.05) is 57.5 Å². The maximum atomic E-state index is 12.5. The zero-order valence-corrected chi connectivity index (χ0v) is 17.0. The minimum Gasteiger partial charge on any atom is -0.360 e. The molecule has 2 N–H and O–H groups in total. The average molecular weight is 376 g/mol. The highest BCUT2D eigenvalue weighted by Gasteiger charge is 2.11. The molecule has 0 aliphatic rings. The molecule has 0 aliphatic heterocycles. The second kappa shape index (κ2) is 10.9. The van der Waals surface area contributed by atoms with Crippen molar-refractivity contribution in [2.24, 2.45) is 0 Å². The summed E-state index contributed by atoms with van der Waals surface area (Å²) in [5.74, 6) is -0.414. The summed E-state index contributed by atoms with van der Waals surface area (Å²) in [5, 5.41) is 15.4. The van der Waals surface area contributed by atoms with E-state index in [0.29, 0.717) is 5.69 Å². The molecular formula is C24H29N3O. The molecule has 0 bridgehead atoms. The van der Waals surface area contributed by atoms with Crippen LogP contribution in [0.2, 0.25) is 0 Å². The van der Waals surface area contributed by atoms with Crippen molar-refractivity contribution in [1.82, 2.24) is 0 Å². The summed E-state index contributed by atoms with van der Waals surface area (Å²) in [6.07, 6.45) is 6.60. The molecule has 0 spiro atoms. The number of carbonyl (C=O) groups is 1. The number of aryl methyl sites for hydroxylation is 3. The molecule has 28 heavy (non-hydrogen) atoms. The van der Waals surface area contributed by atoms with Crippen molar-refractivity contribution in [2.75, 3.05) is 10.6 Å². The van der Waals surface area contributed by atoms with Crippen molar-refractivity contribution < 1.29 is 4.79 Å². The van der Waals surface area contributed by atoms with Crippen molar-refractivity contribution in [1.29, 1.82) is 5.26 Å². The van der Waals surface area contributed by atoms with Gasteiger partial charge in [0.2, 0.25) is 0 Å². The lowest BCUT2D eigenvalue weighted by Crippen LogP contribution is -2.15. The quantitative estimate of drug-likeness (QED) is 0.442. The molecule has 4 heteroatoms. The number of hydrogen-bond acceptors (Lipinski definition) is 3. The van der Waals surface area contributed by atoms with Crippen LogP contribution in [0.4, 0.5) is 11.4 Å².